The van der Waals surface area contributed by atoms with Gasteiger partial charge in [0.2, 0.25) is 0 Å². The molecular weight excluding hydrogens is 647 g/mol. The molecule has 5 aromatic rings. The Bertz CT molecular complexity index is 1940. The molecule has 0 aliphatic heterocycles. The Hall–Kier alpha value is -5.30. The summed E-state index contributed by atoms with van der Waals surface area (Å²) in [6, 6.07) is 12.9. The molecule has 0 fully saturated rings. The number of imidazole rings is 1. The second kappa shape index (κ2) is 15.9. The molecule has 0 atom stereocenters. The molecule has 2 aromatic carbocycles. The Morgan fingerprint density at radius 3 is 2.58 bits per heavy atom. The number of carbonyl (C=O) groups is 2. The average molecular weight is 688 g/mol. The molecule has 10 nitrogen and oxygen atoms in total. The van der Waals surface area contributed by atoms with Gasteiger partial charge < -0.3 is 19.5 Å². The number of likely N-dealkylation sites (N-methyl/N-ethyl adjacent to an activating group) is 1. The second-order valence-electron chi connectivity index (χ2n) is 12.2. The smallest absolute Gasteiger partial charge is 0.435 e. The van der Waals surface area contributed by atoms with E-state index in [1.165, 1.54) is 13.2 Å². The van der Waals surface area contributed by atoms with Gasteiger partial charge in [-0.2, -0.15) is 18.3 Å². The quantitative estimate of drug-likeness (QED) is 0.139. The van der Waals surface area contributed by atoms with E-state index in [0.717, 1.165) is 33.6 Å². The van der Waals surface area contributed by atoms with Gasteiger partial charge in [-0.3, -0.25) is 19.3 Å². The largest absolute Gasteiger partial charge is 0.483 e. The molecule has 0 bridgehead atoms. The average Bonchev–Trinajstić information content (AvgIpc) is 3.70. The van der Waals surface area contributed by atoms with Crippen LogP contribution in [0.25, 0.3) is 11.1 Å². The first-order chi connectivity index (χ1) is 23.9. The Morgan fingerprint density at radius 1 is 1.08 bits per heavy atom. The number of alkyl halides is 3. The van der Waals surface area contributed by atoms with Gasteiger partial charge in [0.25, 0.3) is 5.91 Å². The molecule has 50 heavy (non-hydrogen) atoms. The molecule has 0 aliphatic rings. The maximum absolute atomic E-state index is 14.2. The number of aromatic nitrogens is 5. The van der Waals surface area contributed by atoms with Gasteiger partial charge in [0.05, 0.1) is 0 Å². The highest BCUT2D eigenvalue weighted by Crippen LogP contribution is 2.39. The number of amides is 1. The van der Waals surface area contributed by atoms with E-state index in [0.29, 0.717) is 60.5 Å². The highest BCUT2D eigenvalue weighted by molar-refractivity contribution is 5.84. The summed E-state index contributed by atoms with van der Waals surface area (Å²) in [5, 5.41) is 6.57. The number of pyridine rings is 1. The molecular formula is C37H40F3N7O3. The number of aryl methyl sites for hydroxylation is 3. The summed E-state index contributed by atoms with van der Waals surface area (Å²) in [6.07, 6.45) is 5.21. The molecule has 0 radical (unpaired) electrons. The number of benzene rings is 2. The lowest BCUT2D eigenvalue weighted by Gasteiger charge is -2.22. The molecule has 262 valence electrons. The SMILES string of the molecule is CCc1ccc(OCC(=O)NCc2cccnc2)c(CN(C)CCc2c(C=O)cc(Cn3ccnc3C)cc2-c2cn(C)nc2C(F)(F)F)c1. The van der Waals surface area contributed by atoms with Gasteiger partial charge in [-0.15, -0.1) is 0 Å². The predicted molar refractivity (Wildman–Crippen MR) is 183 cm³/mol. The summed E-state index contributed by atoms with van der Waals surface area (Å²) in [4.78, 5) is 35.4. The summed E-state index contributed by atoms with van der Waals surface area (Å²) < 4.78 is 51.6. The van der Waals surface area contributed by atoms with Crippen LogP contribution in [0.3, 0.4) is 0 Å². The standard InChI is InChI=1S/C37H40F3N7O3/c1-5-26-8-9-34(50-24-35(49)43-19-27-7-6-11-41-18-27)29(15-26)21-45(3)13-10-31-30(23-48)16-28(20-47-14-12-42-25(47)2)17-32(31)33-22-46(4)44-36(33)37(38,39)40/h6-9,11-12,14-18,22-23H,5,10,13,19-21,24H2,1-4H3,(H,43,49). The first kappa shape index (κ1) is 36.0. The molecule has 0 saturated heterocycles. The fourth-order valence-electron chi connectivity index (χ4n) is 5.82. The van der Waals surface area contributed by atoms with Crippen LogP contribution in [0.4, 0.5) is 13.2 Å². The molecule has 1 N–H and O–H groups in total. The van der Waals surface area contributed by atoms with Gasteiger partial charge in [0.1, 0.15) is 17.9 Å². The number of halogens is 3. The van der Waals surface area contributed by atoms with E-state index in [-0.39, 0.29) is 24.5 Å². The fraction of sp³-hybridized carbons (Fsp3) is 0.324. The third-order valence-electron chi connectivity index (χ3n) is 8.42. The van der Waals surface area contributed by atoms with Crippen LogP contribution in [0.5, 0.6) is 5.75 Å². The van der Waals surface area contributed by atoms with E-state index in [9.17, 15) is 22.8 Å². The Balaban J connectivity index is 1.37. The molecule has 0 unspecified atom stereocenters. The number of nitrogens with zero attached hydrogens (tertiary/aromatic N) is 6. The number of hydrogen-bond acceptors (Lipinski definition) is 7. The second-order valence-corrected chi connectivity index (χ2v) is 12.2. The van der Waals surface area contributed by atoms with Gasteiger partial charge in [0.15, 0.2) is 12.3 Å². The summed E-state index contributed by atoms with van der Waals surface area (Å²) in [5.74, 6) is 1.02. The van der Waals surface area contributed by atoms with E-state index in [1.54, 1.807) is 43.0 Å². The van der Waals surface area contributed by atoms with Gasteiger partial charge in [-0.05, 0) is 78.9 Å². The molecule has 5 rings (SSSR count). The Labute approximate surface area is 288 Å². The van der Waals surface area contributed by atoms with Crippen molar-refractivity contribution >= 4 is 12.2 Å². The number of ether oxygens (including phenoxy) is 1. The van der Waals surface area contributed by atoms with Crippen LogP contribution >= 0.6 is 0 Å². The molecule has 0 spiro atoms. The van der Waals surface area contributed by atoms with Crippen LogP contribution < -0.4 is 10.1 Å². The number of aldehydes is 1. The first-order valence-corrected chi connectivity index (χ1v) is 16.2. The van der Waals surface area contributed by atoms with Crippen molar-refractivity contribution in [2.24, 2.45) is 7.05 Å². The van der Waals surface area contributed by atoms with Crippen LogP contribution in [0, 0.1) is 6.92 Å². The zero-order valence-corrected chi connectivity index (χ0v) is 28.5. The lowest BCUT2D eigenvalue weighted by atomic mass is 9.91. The van der Waals surface area contributed by atoms with Crippen LogP contribution in [0.1, 0.15) is 56.6 Å². The van der Waals surface area contributed by atoms with Crippen LogP contribution in [0.2, 0.25) is 0 Å². The lowest BCUT2D eigenvalue weighted by Crippen LogP contribution is -2.29. The number of nitrogens with one attached hydrogen (secondary N) is 1. The van der Waals surface area contributed by atoms with Crippen LogP contribution in [0.15, 0.2) is 73.4 Å². The lowest BCUT2D eigenvalue weighted by molar-refractivity contribution is -0.141. The number of carbonyl (C=O) groups excluding carboxylic acids is 2. The van der Waals surface area contributed by atoms with Crippen molar-refractivity contribution in [3.8, 4) is 16.9 Å². The highest BCUT2D eigenvalue weighted by atomic mass is 19.4. The van der Waals surface area contributed by atoms with E-state index in [1.807, 2.05) is 54.6 Å². The van der Waals surface area contributed by atoms with Crippen molar-refractivity contribution in [3.05, 3.63) is 118 Å². The maximum Gasteiger partial charge on any atom is 0.435 e. The highest BCUT2D eigenvalue weighted by Gasteiger charge is 2.38. The van der Waals surface area contributed by atoms with Crippen molar-refractivity contribution in [1.29, 1.82) is 0 Å². The predicted octanol–water partition coefficient (Wildman–Crippen LogP) is 5.80. The van der Waals surface area contributed by atoms with Crippen molar-refractivity contribution in [2.75, 3.05) is 20.2 Å². The summed E-state index contributed by atoms with van der Waals surface area (Å²) in [6.45, 7) is 5.22. The summed E-state index contributed by atoms with van der Waals surface area (Å²) in [7, 11) is 3.34. The number of rotatable bonds is 15. The molecule has 0 saturated carbocycles. The fourth-order valence-corrected chi connectivity index (χ4v) is 5.82. The van der Waals surface area contributed by atoms with Gasteiger partial charge in [-0.1, -0.05) is 25.1 Å². The van der Waals surface area contributed by atoms with Gasteiger partial charge >= 0.3 is 6.18 Å². The first-order valence-electron chi connectivity index (χ1n) is 16.2. The van der Waals surface area contributed by atoms with Crippen molar-refractivity contribution in [2.45, 2.75) is 52.5 Å². The molecule has 3 heterocycles. The van der Waals surface area contributed by atoms with Crippen molar-refractivity contribution in [3.63, 3.8) is 0 Å². The van der Waals surface area contributed by atoms with Crippen LogP contribution in [-0.4, -0.2) is 61.6 Å². The summed E-state index contributed by atoms with van der Waals surface area (Å²) in [5.41, 5.74) is 3.52. The minimum Gasteiger partial charge on any atom is -0.483 e. The van der Waals surface area contributed by atoms with Crippen LogP contribution in [-0.2, 0) is 50.5 Å². The molecule has 13 heteroatoms. The minimum absolute atomic E-state index is 0.0851. The maximum atomic E-state index is 14.2. The van der Waals surface area contributed by atoms with E-state index in [2.05, 4.69) is 20.4 Å². The molecule has 0 aliphatic carbocycles. The van der Waals surface area contributed by atoms with Crippen molar-refractivity contribution < 1.29 is 27.5 Å². The third-order valence-corrected chi connectivity index (χ3v) is 8.42. The zero-order valence-electron chi connectivity index (χ0n) is 28.5. The third kappa shape index (κ3) is 9.03. The van der Waals surface area contributed by atoms with Gasteiger partial charge in [-0.25, -0.2) is 4.98 Å². The zero-order chi connectivity index (χ0) is 35.8. The van der Waals surface area contributed by atoms with Gasteiger partial charge in [0, 0.05) is 80.9 Å². The topological polar surface area (TPSA) is 107 Å². The number of hydrogen-bond donors (Lipinski definition) is 1. The Morgan fingerprint density at radius 2 is 1.90 bits per heavy atom. The van der Waals surface area contributed by atoms with Crippen molar-refractivity contribution in [1.82, 2.24) is 34.5 Å². The van der Waals surface area contributed by atoms with E-state index < -0.39 is 11.9 Å². The minimum atomic E-state index is -4.70. The normalized spacial score (nSPS) is 11.6. The Kier molecular flexibility index (Phi) is 11.5. The van der Waals surface area contributed by atoms with E-state index >= 15 is 0 Å². The molecule has 3 aromatic heterocycles. The summed E-state index contributed by atoms with van der Waals surface area (Å²) >= 11 is 0. The molecule has 1 amide bonds. The van der Waals surface area contributed by atoms with E-state index in [4.69, 9.17) is 4.74 Å². The monoisotopic (exact) mass is 687 g/mol.